The van der Waals surface area contributed by atoms with Crippen molar-refractivity contribution < 1.29 is 4.79 Å². The minimum Gasteiger partial charge on any atom is -0.338 e. The van der Waals surface area contributed by atoms with E-state index >= 15 is 0 Å². The van der Waals surface area contributed by atoms with Gasteiger partial charge >= 0.3 is 0 Å². The number of rotatable bonds is 2. The average molecular weight is 236 g/mol. The van der Waals surface area contributed by atoms with E-state index in [0.29, 0.717) is 23.9 Å². The highest BCUT2D eigenvalue weighted by Crippen LogP contribution is 2.34. The van der Waals surface area contributed by atoms with E-state index in [9.17, 15) is 4.79 Å². The molecule has 0 aromatic rings. The van der Waals surface area contributed by atoms with Gasteiger partial charge in [0.25, 0.3) is 0 Å². The smallest absolute Gasteiger partial charge is 0.225 e. The SMILES string of the molecule is CN1CCC[C@H]1[C@@H]1CCCN1C(=O)C1CCC1. The third-order valence-corrected chi connectivity index (χ3v) is 5.06. The maximum Gasteiger partial charge on any atom is 0.225 e. The summed E-state index contributed by atoms with van der Waals surface area (Å²) in [6.07, 6.45) is 8.59. The first-order valence-corrected chi connectivity index (χ1v) is 7.28. The lowest BCUT2D eigenvalue weighted by atomic mass is 9.84. The van der Waals surface area contributed by atoms with Crippen LogP contribution < -0.4 is 0 Å². The van der Waals surface area contributed by atoms with Crippen LogP contribution in [0.1, 0.15) is 44.9 Å². The molecule has 3 nitrogen and oxygen atoms in total. The van der Waals surface area contributed by atoms with Gasteiger partial charge in [-0.3, -0.25) is 4.79 Å². The number of likely N-dealkylation sites (tertiary alicyclic amines) is 2. The summed E-state index contributed by atoms with van der Waals surface area (Å²) in [5, 5.41) is 0. The van der Waals surface area contributed by atoms with Crippen molar-refractivity contribution in [2.75, 3.05) is 20.1 Å². The van der Waals surface area contributed by atoms with Gasteiger partial charge in [-0.2, -0.15) is 0 Å². The van der Waals surface area contributed by atoms with Crippen molar-refractivity contribution in [1.29, 1.82) is 0 Å². The van der Waals surface area contributed by atoms with Crippen LogP contribution in [0, 0.1) is 5.92 Å². The lowest BCUT2D eigenvalue weighted by Crippen LogP contribution is -2.49. The summed E-state index contributed by atoms with van der Waals surface area (Å²) in [6, 6.07) is 1.16. The Bertz CT molecular complexity index is 301. The number of carbonyl (C=O) groups excluding carboxylic acids is 1. The molecule has 1 saturated carbocycles. The van der Waals surface area contributed by atoms with Crippen LogP contribution in [0.2, 0.25) is 0 Å². The molecule has 3 aliphatic rings. The number of amides is 1. The van der Waals surface area contributed by atoms with Gasteiger partial charge < -0.3 is 9.80 Å². The van der Waals surface area contributed by atoms with Crippen LogP contribution in [-0.4, -0.2) is 47.9 Å². The monoisotopic (exact) mass is 236 g/mol. The average Bonchev–Trinajstić information content (AvgIpc) is 2.82. The van der Waals surface area contributed by atoms with Crippen LogP contribution in [0.4, 0.5) is 0 Å². The fourth-order valence-corrected chi connectivity index (χ4v) is 3.78. The van der Waals surface area contributed by atoms with Crippen molar-refractivity contribution >= 4 is 5.91 Å². The largest absolute Gasteiger partial charge is 0.338 e. The van der Waals surface area contributed by atoms with Gasteiger partial charge in [-0.25, -0.2) is 0 Å². The van der Waals surface area contributed by atoms with E-state index < -0.39 is 0 Å². The van der Waals surface area contributed by atoms with Crippen molar-refractivity contribution in [3.63, 3.8) is 0 Å². The van der Waals surface area contributed by atoms with Gasteiger partial charge in [-0.1, -0.05) is 6.42 Å². The second-order valence-corrected chi connectivity index (χ2v) is 6.06. The predicted octanol–water partition coefficient (Wildman–Crippen LogP) is 1.87. The molecule has 17 heavy (non-hydrogen) atoms. The third-order valence-electron chi connectivity index (χ3n) is 5.06. The quantitative estimate of drug-likeness (QED) is 0.731. The number of nitrogens with zero attached hydrogens (tertiary/aromatic N) is 2. The Morgan fingerprint density at radius 3 is 2.24 bits per heavy atom. The Kier molecular flexibility index (Phi) is 3.12. The number of hydrogen-bond donors (Lipinski definition) is 0. The summed E-state index contributed by atoms with van der Waals surface area (Å²) in [7, 11) is 2.22. The van der Waals surface area contributed by atoms with Gasteiger partial charge in [-0.15, -0.1) is 0 Å². The van der Waals surface area contributed by atoms with E-state index in [-0.39, 0.29) is 0 Å². The molecule has 1 aliphatic carbocycles. The molecule has 2 atom stereocenters. The molecule has 2 heterocycles. The van der Waals surface area contributed by atoms with Crippen molar-refractivity contribution in [3.05, 3.63) is 0 Å². The van der Waals surface area contributed by atoms with Crippen LogP contribution >= 0.6 is 0 Å². The highest BCUT2D eigenvalue weighted by molar-refractivity contribution is 5.80. The van der Waals surface area contributed by atoms with E-state index in [1.165, 1.54) is 38.6 Å². The molecule has 0 unspecified atom stereocenters. The molecule has 0 bridgehead atoms. The highest BCUT2D eigenvalue weighted by Gasteiger charge is 2.41. The van der Waals surface area contributed by atoms with Gasteiger partial charge in [0.1, 0.15) is 0 Å². The van der Waals surface area contributed by atoms with Gasteiger partial charge in [0.05, 0.1) is 0 Å². The van der Waals surface area contributed by atoms with E-state index in [2.05, 4.69) is 16.8 Å². The zero-order valence-electron chi connectivity index (χ0n) is 10.9. The fraction of sp³-hybridized carbons (Fsp3) is 0.929. The molecule has 3 rings (SSSR count). The van der Waals surface area contributed by atoms with Crippen molar-refractivity contribution in [2.24, 2.45) is 5.92 Å². The molecule has 2 saturated heterocycles. The van der Waals surface area contributed by atoms with Crippen molar-refractivity contribution in [1.82, 2.24) is 9.80 Å². The molecule has 3 fully saturated rings. The van der Waals surface area contributed by atoms with Gasteiger partial charge in [0.15, 0.2) is 0 Å². The van der Waals surface area contributed by atoms with Crippen LogP contribution in [0.5, 0.6) is 0 Å². The highest BCUT2D eigenvalue weighted by atomic mass is 16.2. The third kappa shape index (κ3) is 1.99. The molecule has 0 radical (unpaired) electrons. The Labute approximate surface area is 104 Å². The van der Waals surface area contributed by atoms with Crippen molar-refractivity contribution in [2.45, 2.75) is 57.0 Å². The summed E-state index contributed by atoms with van der Waals surface area (Å²) in [4.78, 5) is 17.1. The van der Waals surface area contributed by atoms with E-state index in [4.69, 9.17) is 0 Å². The van der Waals surface area contributed by atoms with Crippen LogP contribution in [-0.2, 0) is 4.79 Å². The maximum absolute atomic E-state index is 12.4. The molecule has 0 N–H and O–H groups in total. The van der Waals surface area contributed by atoms with E-state index in [1.54, 1.807) is 0 Å². The Balaban J connectivity index is 1.68. The molecule has 1 amide bonds. The summed E-state index contributed by atoms with van der Waals surface area (Å²) in [6.45, 7) is 2.23. The second kappa shape index (κ2) is 4.60. The Morgan fingerprint density at radius 1 is 0.941 bits per heavy atom. The minimum atomic E-state index is 0.377. The zero-order valence-corrected chi connectivity index (χ0v) is 10.9. The standard InChI is InChI=1S/C14H24N2O/c1-15-9-3-7-12(15)13-8-4-10-16(13)14(17)11-5-2-6-11/h11-13H,2-10H2,1H3/t12-,13-/m0/s1. The first-order valence-electron chi connectivity index (χ1n) is 7.28. The topological polar surface area (TPSA) is 23.6 Å². The molecule has 3 heteroatoms. The molecule has 0 spiro atoms. The minimum absolute atomic E-state index is 0.377. The second-order valence-electron chi connectivity index (χ2n) is 6.06. The molecular formula is C14H24N2O. The summed E-state index contributed by atoms with van der Waals surface area (Å²) in [5.74, 6) is 0.848. The zero-order chi connectivity index (χ0) is 11.8. The number of hydrogen-bond acceptors (Lipinski definition) is 2. The van der Waals surface area contributed by atoms with E-state index in [0.717, 1.165) is 19.4 Å². The lowest BCUT2D eigenvalue weighted by molar-refractivity contribution is -0.140. The fourth-order valence-electron chi connectivity index (χ4n) is 3.78. The predicted molar refractivity (Wildman–Crippen MR) is 67.7 cm³/mol. The Hall–Kier alpha value is -0.570. The molecule has 96 valence electrons. The van der Waals surface area contributed by atoms with Crippen LogP contribution in [0.3, 0.4) is 0 Å². The summed E-state index contributed by atoms with van der Waals surface area (Å²) < 4.78 is 0. The lowest BCUT2D eigenvalue weighted by Gasteiger charge is -2.37. The molecule has 0 aromatic carbocycles. The molecular weight excluding hydrogens is 212 g/mol. The molecule has 0 aromatic heterocycles. The summed E-state index contributed by atoms with van der Waals surface area (Å²) in [5.41, 5.74) is 0. The maximum atomic E-state index is 12.4. The number of carbonyl (C=O) groups is 1. The van der Waals surface area contributed by atoms with Crippen LogP contribution in [0.25, 0.3) is 0 Å². The first-order chi connectivity index (χ1) is 8.27. The number of likely N-dealkylation sites (N-methyl/N-ethyl adjacent to an activating group) is 1. The first kappa shape index (κ1) is 11.5. The van der Waals surface area contributed by atoms with Gasteiger partial charge in [0, 0.05) is 24.5 Å². The normalized spacial score (nSPS) is 35.2. The van der Waals surface area contributed by atoms with Gasteiger partial charge in [-0.05, 0) is 52.1 Å². The van der Waals surface area contributed by atoms with Gasteiger partial charge in [0.2, 0.25) is 5.91 Å². The van der Waals surface area contributed by atoms with E-state index in [1.807, 2.05) is 0 Å². The summed E-state index contributed by atoms with van der Waals surface area (Å²) >= 11 is 0. The Morgan fingerprint density at radius 2 is 1.65 bits per heavy atom. The van der Waals surface area contributed by atoms with Crippen LogP contribution in [0.15, 0.2) is 0 Å². The molecule has 2 aliphatic heterocycles. The van der Waals surface area contributed by atoms with Crippen molar-refractivity contribution in [3.8, 4) is 0 Å².